The smallest absolute Gasteiger partial charge is 0.232 e. The van der Waals surface area contributed by atoms with Gasteiger partial charge < -0.3 is 10.1 Å². The molecule has 0 aliphatic heterocycles. The number of fused-ring (bicyclic) bond motifs is 1. The van der Waals surface area contributed by atoms with Gasteiger partial charge in [-0.1, -0.05) is 18.2 Å². The van der Waals surface area contributed by atoms with E-state index in [1.54, 1.807) is 18.6 Å². The molecule has 0 atom stereocenters. The zero-order chi connectivity index (χ0) is 17.1. The zero-order valence-corrected chi connectivity index (χ0v) is 14.4. The summed E-state index contributed by atoms with van der Waals surface area (Å²) in [4.78, 5) is 13.0. The molecule has 0 saturated heterocycles. The van der Waals surface area contributed by atoms with Crippen LogP contribution in [0.5, 0.6) is 5.88 Å². The zero-order valence-electron chi connectivity index (χ0n) is 14.4. The maximum absolute atomic E-state index is 5.92. The fraction of sp³-hybridized carbons (Fsp3) is 0.350. The highest BCUT2D eigenvalue weighted by Crippen LogP contribution is 2.26. The third-order valence-corrected chi connectivity index (χ3v) is 4.76. The highest BCUT2D eigenvalue weighted by atomic mass is 16.5. The summed E-state index contributed by atoms with van der Waals surface area (Å²) >= 11 is 0. The second kappa shape index (κ2) is 7.05. The van der Waals surface area contributed by atoms with E-state index in [0.717, 1.165) is 37.0 Å². The van der Waals surface area contributed by atoms with Crippen molar-refractivity contribution in [1.29, 1.82) is 0 Å². The molecule has 1 aliphatic rings. The summed E-state index contributed by atoms with van der Waals surface area (Å²) in [6.45, 7) is 2.12. The molecule has 1 saturated carbocycles. The summed E-state index contributed by atoms with van der Waals surface area (Å²) in [6, 6.07) is 10.9. The molecule has 1 N–H and O–H groups in total. The van der Waals surface area contributed by atoms with Crippen LogP contribution in [0.25, 0.3) is 10.9 Å². The Hall–Kier alpha value is -2.69. The van der Waals surface area contributed by atoms with E-state index in [0.29, 0.717) is 11.9 Å². The molecule has 25 heavy (non-hydrogen) atoms. The Morgan fingerprint density at radius 3 is 2.72 bits per heavy atom. The highest BCUT2D eigenvalue weighted by Gasteiger charge is 2.23. The van der Waals surface area contributed by atoms with Gasteiger partial charge in [0.15, 0.2) is 0 Å². The molecule has 2 heterocycles. The molecule has 1 aliphatic carbocycles. The van der Waals surface area contributed by atoms with Crippen LogP contribution in [0.3, 0.4) is 0 Å². The molecule has 4 rings (SSSR count). The van der Waals surface area contributed by atoms with Crippen LogP contribution < -0.4 is 10.1 Å². The number of aromatic nitrogens is 3. The van der Waals surface area contributed by atoms with E-state index < -0.39 is 0 Å². The van der Waals surface area contributed by atoms with E-state index in [4.69, 9.17) is 9.72 Å². The Labute approximate surface area is 147 Å². The standard InChI is InChI=1S/C20H22N4O/c1-14-12-15-4-2-3-5-18(15)24-20(14)23-16-6-8-17(9-7-16)25-19-13-21-10-11-22-19/h2-5,10-13,16-17H,6-9H2,1H3,(H,23,24). The molecule has 0 bridgehead atoms. The average Bonchev–Trinajstić information content (AvgIpc) is 2.65. The van der Waals surface area contributed by atoms with Crippen molar-refractivity contribution < 1.29 is 4.74 Å². The fourth-order valence-corrected chi connectivity index (χ4v) is 3.40. The molecule has 128 valence electrons. The van der Waals surface area contributed by atoms with Gasteiger partial charge in [-0.15, -0.1) is 0 Å². The van der Waals surface area contributed by atoms with Crippen molar-refractivity contribution in [1.82, 2.24) is 15.0 Å². The molecule has 0 unspecified atom stereocenters. The average molecular weight is 334 g/mol. The number of aryl methyl sites for hydroxylation is 1. The van der Waals surface area contributed by atoms with Gasteiger partial charge in [0, 0.05) is 23.8 Å². The van der Waals surface area contributed by atoms with Gasteiger partial charge in [0.05, 0.1) is 11.7 Å². The van der Waals surface area contributed by atoms with Crippen LogP contribution in [0.1, 0.15) is 31.2 Å². The van der Waals surface area contributed by atoms with E-state index in [2.05, 4.69) is 46.5 Å². The lowest BCUT2D eigenvalue weighted by Gasteiger charge is -2.29. The van der Waals surface area contributed by atoms with Crippen LogP contribution in [0.4, 0.5) is 5.82 Å². The van der Waals surface area contributed by atoms with Gasteiger partial charge in [0.25, 0.3) is 0 Å². The number of benzene rings is 1. The monoisotopic (exact) mass is 334 g/mol. The summed E-state index contributed by atoms with van der Waals surface area (Å²) in [6.07, 6.45) is 9.38. The first-order chi connectivity index (χ1) is 12.3. The van der Waals surface area contributed by atoms with Gasteiger partial charge >= 0.3 is 0 Å². The Balaban J connectivity index is 1.38. The summed E-state index contributed by atoms with van der Waals surface area (Å²) in [7, 11) is 0. The number of nitrogens with zero attached hydrogens (tertiary/aromatic N) is 3. The number of rotatable bonds is 4. The van der Waals surface area contributed by atoms with E-state index in [1.807, 2.05) is 6.07 Å². The number of ether oxygens (including phenoxy) is 1. The van der Waals surface area contributed by atoms with Crippen molar-refractivity contribution in [3.05, 3.63) is 54.5 Å². The van der Waals surface area contributed by atoms with Gasteiger partial charge in [-0.2, -0.15) is 0 Å². The third kappa shape index (κ3) is 3.71. The molecule has 1 aromatic carbocycles. The second-order valence-electron chi connectivity index (χ2n) is 6.63. The molecule has 0 amide bonds. The minimum Gasteiger partial charge on any atom is -0.473 e. The molecule has 1 fully saturated rings. The summed E-state index contributed by atoms with van der Waals surface area (Å²) in [5.74, 6) is 1.61. The van der Waals surface area contributed by atoms with Crippen molar-refractivity contribution in [2.45, 2.75) is 44.8 Å². The fourth-order valence-electron chi connectivity index (χ4n) is 3.40. The minimum atomic E-state index is 0.223. The molecule has 5 heteroatoms. The SMILES string of the molecule is Cc1cc2ccccc2nc1NC1CCC(Oc2cnccn2)CC1. The van der Waals surface area contributed by atoms with Gasteiger partial charge in [0.2, 0.25) is 5.88 Å². The van der Waals surface area contributed by atoms with E-state index >= 15 is 0 Å². The number of hydrogen-bond acceptors (Lipinski definition) is 5. The number of nitrogens with one attached hydrogen (secondary N) is 1. The molecule has 5 nitrogen and oxygen atoms in total. The van der Waals surface area contributed by atoms with Crippen LogP contribution in [0.15, 0.2) is 48.9 Å². The minimum absolute atomic E-state index is 0.223. The predicted octanol–water partition coefficient (Wildman–Crippen LogP) is 4.14. The molecular weight excluding hydrogens is 312 g/mol. The summed E-state index contributed by atoms with van der Waals surface area (Å²) < 4.78 is 5.92. The van der Waals surface area contributed by atoms with Gasteiger partial charge in [0.1, 0.15) is 11.9 Å². The Morgan fingerprint density at radius 1 is 1.08 bits per heavy atom. The molecule has 0 spiro atoms. The molecule has 2 aromatic heterocycles. The largest absolute Gasteiger partial charge is 0.473 e. The van der Waals surface area contributed by atoms with Crippen LogP contribution in [0.2, 0.25) is 0 Å². The molecular formula is C20H22N4O. The van der Waals surface area contributed by atoms with Crippen molar-refractivity contribution in [2.24, 2.45) is 0 Å². The quantitative estimate of drug-likeness (QED) is 0.777. The number of hydrogen-bond donors (Lipinski definition) is 1. The first-order valence-corrected chi connectivity index (χ1v) is 8.83. The van der Waals surface area contributed by atoms with Crippen molar-refractivity contribution >= 4 is 16.7 Å². The highest BCUT2D eigenvalue weighted by molar-refractivity contribution is 5.81. The van der Waals surface area contributed by atoms with E-state index in [1.165, 1.54) is 10.9 Å². The molecule has 0 radical (unpaired) electrons. The van der Waals surface area contributed by atoms with Crippen LogP contribution in [-0.4, -0.2) is 27.1 Å². The normalized spacial score (nSPS) is 20.4. The maximum Gasteiger partial charge on any atom is 0.232 e. The van der Waals surface area contributed by atoms with Crippen LogP contribution in [0, 0.1) is 6.92 Å². The maximum atomic E-state index is 5.92. The third-order valence-electron chi connectivity index (χ3n) is 4.76. The lowest BCUT2D eigenvalue weighted by Crippen LogP contribution is -2.31. The number of para-hydroxylation sites is 1. The lowest BCUT2D eigenvalue weighted by atomic mass is 9.93. The topological polar surface area (TPSA) is 59.9 Å². The van der Waals surface area contributed by atoms with Gasteiger partial charge in [-0.25, -0.2) is 9.97 Å². The van der Waals surface area contributed by atoms with Gasteiger partial charge in [-0.3, -0.25) is 4.98 Å². The van der Waals surface area contributed by atoms with Crippen molar-refractivity contribution in [2.75, 3.05) is 5.32 Å². The van der Waals surface area contributed by atoms with E-state index in [9.17, 15) is 0 Å². The van der Waals surface area contributed by atoms with Crippen molar-refractivity contribution in [3.8, 4) is 5.88 Å². The predicted molar refractivity (Wildman–Crippen MR) is 98.8 cm³/mol. The summed E-state index contributed by atoms with van der Waals surface area (Å²) in [5, 5.41) is 4.82. The Bertz CT molecular complexity index is 845. The lowest BCUT2D eigenvalue weighted by molar-refractivity contribution is 0.143. The first kappa shape index (κ1) is 15.8. The van der Waals surface area contributed by atoms with E-state index in [-0.39, 0.29) is 6.10 Å². The Morgan fingerprint density at radius 2 is 1.92 bits per heavy atom. The second-order valence-corrected chi connectivity index (χ2v) is 6.63. The Kier molecular flexibility index (Phi) is 4.46. The van der Waals surface area contributed by atoms with Crippen molar-refractivity contribution in [3.63, 3.8) is 0 Å². The summed E-state index contributed by atoms with van der Waals surface area (Å²) in [5.41, 5.74) is 2.23. The first-order valence-electron chi connectivity index (χ1n) is 8.83. The van der Waals surface area contributed by atoms with Crippen LogP contribution in [-0.2, 0) is 0 Å². The number of anilines is 1. The van der Waals surface area contributed by atoms with Gasteiger partial charge in [-0.05, 0) is 50.3 Å². The number of pyridine rings is 1. The molecule has 3 aromatic rings. The van der Waals surface area contributed by atoms with Crippen LogP contribution >= 0.6 is 0 Å².